The van der Waals surface area contributed by atoms with E-state index in [0.29, 0.717) is 24.4 Å². The molecule has 0 aromatic carbocycles. The minimum Gasteiger partial charge on any atom is -0.351 e. The van der Waals surface area contributed by atoms with Gasteiger partial charge in [-0.1, -0.05) is 12.5 Å². The zero-order valence-corrected chi connectivity index (χ0v) is 18.8. The molecule has 1 aliphatic heterocycles. The summed E-state index contributed by atoms with van der Waals surface area (Å²) in [5.41, 5.74) is 9.59. The molecule has 3 N–H and O–H groups in total. The quantitative estimate of drug-likeness (QED) is 0.724. The summed E-state index contributed by atoms with van der Waals surface area (Å²) in [6, 6.07) is 0.350. The van der Waals surface area contributed by atoms with Crippen molar-refractivity contribution in [2.24, 2.45) is 22.6 Å². The van der Waals surface area contributed by atoms with Gasteiger partial charge in [-0.3, -0.25) is 9.59 Å². The second-order valence-electron chi connectivity index (χ2n) is 8.57. The Morgan fingerprint density at radius 2 is 1.97 bits per heavy atom. The summed E-state index contributed by atoms with van der Waals surface area (Å²) >= 11 is 1.70. The van der Waals surface area contributed by atoms with Crippen LogP contribution in [0.25, 0.3) is 0 Å². The summed E-state index contributed by atoms with van der Waals surface area (Å²) in [4.78, 5) is 30.4. The maximum absolute atomic E-state index is 12.8. The molecule has 1 aliphatic carbocycles. The molecule has 1 fully saturated rings. The minimum atomic E-state index is -0.365. The SMILES string of the molecule is CCC(c1scc(C(=O)NCC2C(=O)N=C(C)C=C2C)c1C)C1CCC(N)CC1. The summed E-state index contributed by atoms with van der Waals surface area (Å²) in [5, 5.41) is 4.94. The van der Waals surface area contributed by atoms with Crippen molar-refractivity contribution in [3.8, 4) is 0 Å². The monoisotopic (exact) mass is 415 g/mol. The topological polar surface area (TPSA) is 84.5 Å². The molecule has 2 aliphatic rings. The van der Waals surface area contributed by atoms with Gasteiger partial charge in [0.25, 0.3) is 11.8 Å². The zero-order chi connectivity index (χ0) is 21.1. The van der Waals surface area contributed by atoms with Gasteiger partial charge >= 0.3 is 0 Å². The highest BCUT2D eigenvalue weighted by Crippen LogP contribution is 2.42. The number of dihydropyridines is 1. The molecule has 2 atom stereocenters. The van der Waals surface area contributed by atoms with E-state index in [-0.39, 0.29) is 17.7 Å². The van der Waals surface area contributed by atoms with Gasteiger partial charge in [0, 0.05) is 28.6 Å². The second kappa shape index (κ2) is 9.35. The van der Waals surface area contributed by atoms with Crippen molar-refractivity contribution < 1.29 is 9.59 Å². The van der Waals surface area contributed by atoms with Crippen LogP contribution in [0.2, 0.25) is 0 Å². The first-order valence-corrected chi connectivity index (χ1v) is 11.6. The lowest BCUT2D eigenvalue weighted by Crippen LogP contribution is -2.34. The van der Waals surface area contributed by atoms with Gasteiger partial charge < -0.3 is 11.1 Å². The largest absolute Gasteiger partial charge is 0.351 e. The fraction of sp³-hybridized carbons (Fsp3) is 0.609. The molecule has 3 rings (SSSR count). The van der Waals surface area contributed by atoms with E-state index in [1.807, 2.05) is 25.3 Å². The molecule has 1 saturated carbocycles. The molecule has 0 radical (unpaired) electrons. The van der Waals surface area contributed by atoms with Crippen molar-refractivity contribution in [3.63, 3.8) is 0 Å². The maximum atomic E-state index is 12.8. The van der Waals surface area contributed by atoms with Crippen LogP contribution in [0.3, 0.4) is 0 Å². The van der Waals surface area contributed by atoms with Crippen LogP contribution in [-0.2, 0) is 4.79 Å². The smallest absolute Gasteiger partial charge is 0.254 e. The van der Waals surface area contributed by atoms with Gasteiger partial charge in [-0.25, -0.2) is 4.99 Å². The van der Waals surface area contributed by atoms with E-state index in [1.165, 1.54) is 17.7 Å². The Morgan fingerprint density at radius 1 is 1.28 bits per heavy atom. The normalized spacial score (nSPS) is 26.0. The molecule has 6 heteroatoms. The predicted molar refractivity (Wildman–Crippen MR) is 120 cm³/mol. The van der Waals surface area contributed by atoms with Crippen LogP contribution >= 0.6 is 11.3 Å². The van der Waals surface area contributed by atoms with Crippen LogP contribution in [-0.4, -0.2) is 30.1 Å². The Kier molecular flexibility index (Phi) is 7.06. The summed E-state index contributed by atoms with van der Waals surface area (Å²) in [6.07, 6.45) is 7.54. The fourth-order valence-electron chi connectivity index (χ4n) is 4.75. The number of rotatable bonds is 6. The summed E-state index contributed by atoms with van der Waals surface area (Å²) in [6.45, 7) is 8.32. The number of aliphatic imine (C=N–C) groups is 1. The Labute approximate surface area is 177 Å². The summed E-state index contributed by atoms with van der Waals surface area (Å²) in [7, 11) is 0. The van der Waals surface area contributed by atoms with Crippen LogP contribution in [0, 0.1) is 18.8 Å². The molecular formula is C23H33N3O2S. The van der Waals surface area contributed by atoms with Crippen molar-refractivity contribution in [1.29, 1.82) is 0 Å². The number of nitrogens with zero attached hydrogens (tertiary/aromatic N) is 1. The number of allylic oxidation sites excluding steroid dienone is 1. The number of hydrogen-bond donors (Lipinski definition) is 2. The highest BCUT2D eigenvalue weighted by atomic mass is 32.1. The Balaban J connectivity index is 1.67. The van der Waals surface area contributed by atoms with E-state index in [0.717, 1.165) is 41.7 Å². The highest BCUT2D eigenvalue weighted by Gasteiger charge is 2.30. The maximum Gasteiger partial charge on any atom is 0.254 e. The van der Waals surface area contributed by atoms with Crippen molar-refractivity contribution in [3.05, 3.63) is 33.0 Å². The lowest BCUT2D eigenvalue weighted by atomic mass is 9.76. The average Bonchev–Trinajstić information content (AvgIpc) is 3.04. The van der Waals surface area contributed by atoms with Crippen molar-refractivity contribution >= 4 is 28.9 Å². The molecule has 0 spiro atoms. The van der Waals surface area contributed by atoms with E-state index in [1.54, 1.807) is 11.3 Å². The van der Waals surface area contributed by atoms with Crippen molar-refractivity contribution in [2.75, 3.05) is 6.54 Å². The Hall–Kier alpha value is -1.79. The van der Waals surface area contributed by atoms with Crippen LogP contribution in [0.15, 0.2) is 22.0 Å². The molecule has 2 unspecified atom stereocenters. The molecule has 1 aromatic rings. The van der Waals surface area contributed by atoms with E-state index in [4.69, 9.17) is 5.73 Å². The Morgan fingerprint density at radius 3 is 2.59 bits per heavy atom. The van der Waals surface area contributed by atoms with Crippen molar-refractivity contribution in [1.82, 2.24) is 5.32 Å². The number of nitrogens with two attached hydrogens (primary N) is 1. The van der Waals surface area contributed by atoms with Gasteiger partial charge in [0.05, 0.1) is 11.5 Å². The van der Waals surface area contributed by atoms with Gasteiger partial charge in [-0.15, -0.1) is 11.3 Å². The number of nitrogens with one attached hydrogen (secondary N) is 1. The second-order valence-corrected chi connectivity index (χ2v) is 9.48. The molecule has 2 amide bonds. The number of thiophene rings is 1. The number of amides is 2. The predicted octanol–water partition coefficient (Wildman–Crippen LogP) is 4.36. The minimum absolute atomic E-state index is 0.0996. The van der Waals surface area contributed by atoms with Crippen LogP contribution < -0.4 is 11.1 Å². The van der Waals surface area contributed by atoms with Crippen LogP contribution in [0.4, 0.5) is 0 Å². The summed E-state index contributed by atoms with van der Waals surface area (Å²) in [5.74, 6) is 0.513. The highest BCUT2D eigenvalue weighted by molar-refractivity contribution is 7.10. The van der Waals surface area contributed by atoms with Crippen LogP contribution in [0.1, 0.15) is 79.6 Å². The number of hydrogen-bond acceptors (Lipinski definition) is 4. The van der Waals surface area contributed by atoms with E-state index < -0.39 is 0 Å². The fourth-order valence-corrected chi connectivity index (χ4v) is 6.10. The lowest BCUT2D eigenvalue weighted by molar-refractivity contribution is -0.120. The molecule has 158 valence electrons. The molecule has 1 aromatic heterocycles. The van der Waals surface area contributed by atoms with E-state index >= 15 is 0 Å². The molecule has 5 nitrogen and oxygen atoms in total. The first-order valence-electron chi connectivity index (χ1n) is 10.7. The lowest BCUT2D eigenvalue weighted by Gasteiger charge is -2.32. The third-order valence-corrected chi connectivity index (χ3v) is 7.74. The molecule has 29 heavy (non-hydrogen) atoms. The zero-order valence-electron chi connectivity index (χ0n) is 18.0. The number of carbonyl (C=O) groups is 2. The first-order chi connectivity index (χ1) is 13.8. The third-order valence-electron chi connectivity index (χ3n) is 6.52. The van der Waals surface area contributed by atoms with E-state index in [2.05, 4.69) is 24.2 Å². The first kappa shape index (κ1) is 21.9. The van der Waals surface area contributed by atoms with Gasteiger partial charge in [0.15, 0.2) is 0 Å². The summed E-state index contributed by atoms with van der Waals surface area (Å²) < 4.78 is 0. The molecule has 0 saturated heterocycles. The standard InChI is InChI=1S/C23H33N3O2S/c1-5-18(16-6-8-17(24)9-7-16)21-15(4)20(12-29-21)22(27)25-11-19-13(2)10-14(3)26-23(19)28/h10,12,16-19H,5-9,11,24H2,1-4H3,(H,25,27). The average molecular weight is 416 g/mol. The Bertz CT molecular complexity index is 831. The van der Waals surface area contributed by atoms with Crippen LogP contribution in [0.5, 0.6) is 0 Å². The third kappa shape index (κ3) is 4.86. The molecular weight excluding hydrogens is 382 g/mol. The van der Waals surface area contributed by atoms with Gasteiger partial charge in [-0.2, -0.15) is 0 Å². The van der Waals surface area contributed by atoms with Gasteiger partial charge in [0.1, 0.15) is 0 Å². The van der Waals surface area contributed by atoms with Gasteiger partial charge in [0.2, 0.25) is 0 Å². The number of carbonyl (C=O) groups excluding carboxylic acids is 2. The van der Waals surface area contributed by atoms with Gasteiger partial charge in [-0.05, 0) is 76.4 Å². The van der Waals surface area contributed by atoms with E-state index in [9.17, 15) is 9.59 Å². The molecule has 0 bridgehead atoms. The molecule has 2 heterocycles. The van der Waals surface area contributed by atoms with Crippen molar-refractivity contribution in [2.45, 2.75) is 71.8 Å².